The van der Waals surface area contributed by atoms with E-state index in [4.69, 9.17) is 0 Å². The molecule has 3 N–H and O–H groups in total. The number of fused-ring (bicyclic) bond motifs is 1. The van der Waals surface area contributed by atoms with E-state index in [2.05, 4.69) is 47.4 Å². The molecule has 116 valence electrons. The minimum absolute atomic E-state index is 0.364. The van der Waals surface area contributed by atoms with Crippen molar-refractivity contribution in [2.24, 2.45) is 5.92 Å². The summed E-state index contributed by atoms with van der Waals surface area (Å²) < 4.78 is 0. The highest BCUT2D eigenvalue weighted by molar-refractivity contribution is 7.18. The number of aliphatic hydroxyl groups excluding tert-OH is 1. The van der Waals surface area contributed by atoms with E-state index in [1.54, 1.807) is 11.3 Å². The van der Waals surface area contributed by atoms with Crippen LogP contribution in [0.1, 0.15) is 32.1 Å². The van der Waals surface area contributed by atoms with Gasteiger partial charge in [0.1, 0.15) is 10.6 Å². The Labute approximate surface area is 129 Å². The van der Waals surface area contributed by atoms with Gasteiger partial charge in [0.05, 0.1) is 11.5 Å². The molecule has 1 atom stereocenters. The topological polar surface area (TPSA) is 70.1 Å². The second-order valence-electron chi connectivity index (χ2n) is 5.67. The van der Waals surface area contributed by atoms with Crippen LogP contribution in [-0.4, -0.2) is 34.3 Å². The van der Waals surface area contributed by atoms with Gasteiger partial charge < -0.3 is 15.7 Å². The second kappa shape index (κ2) is 7.04. The molecule has 0 bridgehead atoms. The molecule has 0 saturated heterocycles. The summed E-state index contributed by atoms with van der Waals surface area (Å²) in [6, 6.07) is 2.09. The van der Waals surface area contributed by atoms with Crippen LogP contribution >= 0.6 is 11.3 Å². The van der Waals surface area contributed by atoms with Crippen molar-refractivity contribution in [2.75, 3.05) is 23.7 Å². The molecule has 2 heterocycles. The lowest BCUT2D eigenvalue weighted by atomic mass is 10.1. The first kappa shape index (κ1) is 16.0. The van der Waals surface area contributed by atoms with Gasteiger partial charge in [-0.1, -0.05) is 13.8 Å². The van der Waals surface area contributed by atoms with Crippen LogP contribution in [0.15, 0.2) is 6.07 Å². The molecule has 1 unspecified atom stereocenters. The van der Waals surface area contributed by atoms with Gasteiger partial charge in [0, 0.05) is 18.0 Å². The monoisotopic (exact) mass is 308 g/mol. The second-order valence-corrected chi connectivity index (χ2v) is 6.90. The van der Waals surface area contributed by atoms with Gasteiger partial charge in [0.2, 0.25) is 5.95 Å². The molecular formula is C15H24N4OS. The molecule has 6 heteroatoms. The molecule has 0 fully saturated rings. The van der Waals surface area contributed by atoms with Crippen LogP contribution in [0.3, 0.4) is 0 Å². The van der Waals surface area contributed by atoms with E-state index >= 15 is 0 Å². The third kappa shape index (κ3) is 4.28. The number of anilines is 2. The van der Waals surface area contributed by atoms with E-state index < -0.39 is 0 Å². The maximum absolute atomic E-state index is 10.0. The first-order valence-corrected chi connectivity index (χ1v) is 8.25. The van der Waals surface area contributed by atoms with Crippen molar-refractivity contribution in [2.45, 2.75) is 40.2 Å². The number of nitrogens with one attached hydrogen (secondary N) is 2. The number of nitrogens with zero attached hydrogens (tertiary/aromatic N) is 2. The Bertz CT molecular complexity index is 597. The van der Waals surface area contributed by atoms with E-state index in [9.17, 15) is 5.11 Å². The first-order chi connectivity index (χ1) is 9.99. The van der Waals surface area contributed by atoms with Crippen LogP contribution in [-0.2, 0) is 0 Å². The largest absolute Gasteiger partial charge is 0.391 e. The quantitative estimate of drug-likeness (QED) is 0.732. The maximum Gasteiger partial charge on any atom is 0.226 e. The average molecular weight is 308 g/mol. The van der Waals surface area contributed by atoms with Crippen molar-refractivity contribution in [1.82, 2.24) is 9.97 Å². The summed E-state index contributed by atoms with van der Waals surface area (Å²) in [6.07, 6.45) is 0.418. The molecule has 0 amide bonds. The van der Waals surface area contributed by atoms with Gasteiger partial charge in [-0.05, 0) is 32.3 Å². The summed E-state index contributed by atoms with van der Waals surface area (Å²) in [5, 5.41) is 17.5. The molecule has 0 saturated carbocycles. The molecule has 0 radical (unpaired) electrons. The smallest absolute Gasteiger partial charge is 0.226 e. The molecule has 2 aromatic rings. The fraction of sp³-hybridized carbons (Fsp3) is 0.600. The van der Waals surface area contributed by atoms with Crippen molar-refractivity contribution in [3.63, 3.8) is 0 Å². The van der Waals surface area contributed by atoms with Crippen molar-refractivity contribution < 1.29 is 5.11 Å². The van der Waals surface area contributed by atoms with Crippen LogP contribution in [0.25, 0.3) is 10.2 Å². The van der Waals surface area contributed by atoms with Crippen molar-refractivity contribution >= 4 is 33.3 Å². The summed E-state index contributed by atoms with van der Waals surface area (Å²) in [7, 11) is 0. The Balaban J connectivity index is 2.20. The number of rotatable bonds is 7. The minimum atomic E-state index is -0.364. The summed E-state index contributed by atoms with van der Waals surface area (Å²) in [6.45, 7) is 9.59. The first-order valence-electron chi connectivity index (χ1n) is 7.43. The predicted molar refractivity (Wildman–Crippen MR) is 90.3 cm³/mol. The van der Waals surface area contributed by atoms with Crippen molar-refractivity contribution in [1.29, 1.82) is 0 Å². The molecule has 0 spiro atoms. The highest BCUT2D eigenvalue weighted by atomic mass is 32.1. The SMILES string of the molecule is CCNc1nc(NCC(O)CC(C)C)c2cc(C)sc2n1. The standard InChI is InChI=1S/C15H24N4OS/c1-5-16-15-18-13(17-8-11(20)6-9(2)3)12-7-10(4)21-14(12)19-15/h7,9,11,20H,5-6,8H2,1-4H3,(H2,16,17,18,19). The number of hydrogen-bond acceptors (Lipinski definition) is 6. The number of aliphatic hydroxyl groups is 1. The Morgan fingerprint density at radius 2 is 2.05 bits per heavy atom. The van der Waals surface area contributed by atoms with E-state index in [1.165, 1.54) is 4.88 Å². The fourth-order valence-corrected chi connectivity index (χ4v) is 3.14. The summed E-state index contributed by atoms with van der Waals surface area (Å²) >= 11 is 1.66. The maximum atomic E-state index is 10.0. The van der Waals surface area contributed by atoms with Crippen LogP contribution in [0.5, 0.6) is 0 Å². The molecule has 0 aliphatic carbocycles. The lowest BCUT2D eigenvalue weighted by Crippen LogP contribution is -2.22. The van der Waals surface area contributed by atoms with Gasteiger partial charge in [-0.3, -0.25) is 0 Å². The molecular weight excluding hydrogens is 284 g/mol. The highest BCUT2D eigenvalue weighted by Gasteiger charge is 2.12. The fourth-order valence-electron chi connectivity index (χ4n) is 2.26. The van der Waals surface area contributed by atoms with E-state index in [-0.39, 0.29) is 6.10 Å². The average Bonchev–Trinajstić information content (AvgIpc) is 2.76. The Morgan fingerprint density at radius 3 is 2.71 bits per heavy atom. The predicted octanol–water partition coefficient (Wildman–Crippen LogP) is 3.25. The molecule has 5 nitrogen and oxygen atoms in total. The third-order valence-corrected chi connectivity index (χ3v) is 4.04. The van der Waals surface area contributed by atoms with E-state index in [0.717, 1.165) is 29.0 Å². The zero-order valence-electron chi connectivity index (χ0n) is 13.1. The lowest BCUT2D eigenvalue weighted by molar-refractivity contribution is 0.161. The summed E-state index contributed by atoms with van der Waals surface area (Å²) in [5.74, 6) is 1.91. The Morgan fingerprint density at radius 1 is 1.29 bits per heavy atom. The normalized spacial score (nSPS) is 12.9. The van der Waals surface area contributed by atoms with Gasteiger partial charge in [-0.2, -0.15) is 4.98 Å². The lowest BCUT2D eigenvalue weighted by Gasteiger charge is -2.15. The van der Waals surface area contributed by atoms with E-state index in [1.807, 2.05) is 6.92 Å². The van der Waals surface area contributed by atoms with E-state index in [0.29, 0.717) is 18.4 Å². The Hall–Kier alpha value is -1.40. The summed E-state index contributed by atoms with van der Waals surface area (Å²) in [4.78, 5) is 11.2. The zero-order valence-corrected chi connectivity index (χ0v) is 13.9. The van der Waals surface area contributed by atoms with Gasteiger partial charge in [0.15, 0.2) is 0 Å². The van der Waals surface area contributed by atoms with Crippen LogP contribution < -0.4 is 10.6 Å². The number of aromatic nitrogens is 2. The van der Waals surface area contributed by atoms with Gasteiger partial charge >= 0.3 is 0 Å². The van der Waals surface area contributed by atoms with Crippen molar-refractivity contribution in [3.05, 3.63) is 10.9 Å². The minimum Gasteiger partial charge on any atom is -0.391 e. The number of aryl methyl sites for hydroxylation is 1. The molecule has 0 aliphatic rings. The van der Waals surface area contributed by atoms with Crippen LogP contribution in [0.2, 0.25) is 0 Å². The Kier molecular flexibility index (Phi) is 5.36. The number of hydrogen-bond donors (Lipinski definition) is 3. The molecule has 2 rings (SSSR count). The highest BCUT2D eigenvalue weighted by Crippen LogP contribution is 2.29. The third-order valence-electron chi connectivity index (χ3n) is 3.10. The van der Waals surface area contributed by atoms with Gasteiger partial charge in [-0.25, -0.2) is 4.98 Å². The van der Waals surface area contributed by atoms with Crippen LogP contribution in [0, 0.1) is 12.8 Å². The summed E-state index contributed by atoms with van der Waals surface area (Å²) in [5.41, 5.74) is 0. The number of thiophene rings is 1. The molecule has 2 aromatic heterocycles. The molecule has 0 aliphatic heterocycles. The zero-order chi connectivity index (χ0) is 15.4. The van der Waals surface area contributed by atoms with Gasteiger partial charge in [-0.15, -0.1) is 11.3 Å². The van der Waals surface area contributed by atoms with Crippen molar-refractivity contribution in [3.8, 4) is 0 Å². The molecule has 21 heavy (non-hydrogen) atoms. The van der Waals surface area contributed by atoms with Gasteiger partial charge in [0.25, 0.3) is 0 Å². The molecule has 0 aromatic carbocycles. The van der Waals surface area contributed by atoms with Crippen LogP contribution in [0.4, 0.5) is 11.8 Å².